The van der Waals surface area contributed by atoms with Crippen molar-refractivity contribution >= 4 is 23.7 Å². The first-order chi connectivity index (χ1) is 10.1. The predicted octanol–water partition coefficient (Wildman–Crippen LogP) is 1.51. The molecule has 2 rings (SSSR count). The Morgan fingerprint density at radius 1 is 1.38 bits per heavy atom. The van der Waals surface area contributed by atoms with Crippen LogP contribution < -0.4 is 4.90 Å². The summed E-state index contributed by atoms with van der Waals surface area (Å²) in [5.41, 5.74) is 1.12. The molecule has 0 atom stereocenters. The molecule has 0 aliphatic heterocycles. The summed E-state index contributed by atoms with van der Waals surface area (Å²) in [6.07, 6.45) is 3.50. The first-order valence-electron chi connectivity index (χ1n) is 6.49. The molecule has 2 heterocycles. The second-order valence-corrected chi connectivity index (χ2v) is 5.36. The van der Waals surface area contributed by atoms with Crippen molar-refractivity contribution < 1.29 is 9.90 Å². The summed E-state index contributed by atoms with van der Waals surface area (Å²) in [5, 5.41) is 17.6. The lowest BCUT2D eigenvalue weighted by Crippen LogP contribution is -2.21. The Morgan fingerprint density at radius 2 is 2.10 bits per heavy atom. The minimum absolute atomic E-state index is 0.0216. The number of hydrogen-bond acceptors (Lipinski definition) is 6. The number of rotatable bonds is 7. The van der Waals surface area contributed by atoms with Crippen molar-refractivity contribution in [1.82, 2.24) is 19.7 Å². The SMILES string of the molecule is CCn1c(SCC(=O)O)nnc1N(C)Cc1ccncc1. The smallest absolute Gasteiger partial charge is 0.313 e. The second kappa shape index (κ2) is 7.07. The van der Waals surface area contributed by atoms with Crippen LogP contribution in [-0.4, -0.2) is 43.6 Å². The molecule has 0 amide bonds. The van der Waals surface area contributed by atoms with Crippen LogP contribution in [0, 0.1) is 0 Å². The molecule has 0 fully saturated rings. The molecule has 0 spiro atoms. The number of carbonyl (C=O) groups is 1. The zero-order valence-corrected chi connectivity index (χ0v) is 12.7. The van der Waals surface area contributed by atoms with Crippen LogP contribution in [0.3, 0.4) is 0 Å². The lowest BCUT2D eigenvalue weighted by atomic mass is 10.2. The van der Waals surface area contributed by atoms with Crippen LogP contribution in [0.4, 0.5) is 5.95 Å². The lowest BCUT2D eigenvalue weighted by molar-refractivity contribution is -0.133. The lowest BCUT2D eigenvalue weighted by Gasteiger charge is -2.18. The molecule has 112 valence electrons. The van der Waals surface area contributed by atoms with Gasteiger partial charge in [-0.2, -0.15) is 0 Å². The molecule has 0 saturated heterocycles. The zero-order valence-electron chi connectivity index (χ0n) is 11.9. The van der Waals surface area contributed by atoms with E-state index in [0.717, 1.165) is 11.5 Å². The Hall–Kier alpha value is -2.09. The van der Waals surface area contributed by atoms with Crippen LogP contribution in [0.2, 0.25) is 0 Å². The third kappa shape index (κ3) is 3.94. The molecule has 0 aromatic carbocycles. The van der Waals surface area contributed by atoms with Gasteiger partial charge in [0.05, 0.1) is 5.75 Å². The molecule has 2 aromatic rings. The number of thioether (sulfide) groups is 1. The summed E-state index contributed by atoms with van der Waals surface area (Å²) < 4.78 is 1.91. The number of carboxylic acid groups (broad SMARTS) is 1. The molecule has 0 bridgehead atoms. The summed E-state index contributed by atoms with van der Waals surface area (Å²) in [5.74, 6) is -0.161. The largest absolute Gasteiger partial charge is 0.481 e. The van der Waals surface area contributed by atoms with E-state index >= 15 is 0 Å². The van der Waals surface area contributed by atoms with Gasteiger partial charge in [0.1, 0.15) is 0 Å². The van der Waals surface area contributed by atoms with Gasteiger partial charge in [0.2, 0.25) is 5.95 Å². The molecular formula is C13H17N5O2S. The molecule has 1 N–H and O–H groups in total. The topological polar surface area (TPSA) is 84.1 Å². The first kappa shape index (κ1) is 15.3. The minimum atomic E-state index is -0.864. The second-order valence-electron chi connectivity index (χ2n) is 4.42. The Kier molecular flexibility index (Phi) is 5.15. The number of pyridine rings is 1. The molecular weight excluding hydrogens is 290 g/mol. The quantitative estimate of drug-likeness (QED) is 0.776. The maximum Gasteiger partial charge on any atom is 0.313 e. The standard InChI is InChI=1S/C13H17N5O2S/c1-3-18-12(15-16-13(18)21-9-11(19)20)17(2)8-10-4-6-14-7-5-10/h4-7H,3,8-9H2,1-2H3,(H,19,20). The van der Waals surface area contributed by atoms with Crippen LogP contribution in [0.25, 0.3) is 0 Å². The van der Waals surface area contributed by atoms with E-state index in [1.165, 1.54) is 11.8 Å². The van der Waals surface area contributed by atoms with Gasteiger partial charge in [0.25, 0.3) is 0 Å². The molecule has 0 saturated carbocycles. The Balaban J connectivity index is 2.13. The molecule has 21 heavy (non-hydrogen) atoms. The van der Waals surface area contributed by atoms with Crippen molar-refractivity contribution in [2.75, 3.05) is 17.7 Å². The number of aliphatic carboxylic acids is 1. The fraction of sp³-hybridized carbons (Fsp3) is 0.385. The van der Waals surface area contributed by atoms with E-state index in [2.05, 4.69) is 15.2 Å². The summed E-state index contributed by atoms with van der Waals surface area (Å²) >= 11 is 1.18. The highest BCUT2D eigenvalue weighted by molar-refractivity contribution is 7.99. The zero-order chi connectivity index (χ0) is 15.2. The first-order valence-corrected chi connectivity index (χ1v) is 7.48. The van der Waals surface area contributed by atoms with E-state index in [0.29, 0.717) is 18.2 Å². The van der Waals surface area contributed by atoms with E-state index < -0.39 is 5.97 Å². The van der Waals surface area contributed by atoms with Crippen LogP contribution in [0.1, 0.15) is 12.5 Å². The molecule has 0 aliphatic rings. The molecule has 7 nitrogen and oxygen atoms in total. The number of aromatic nitrogens is 4. The molecule has 0 radical (unpaired) electrons. The Morgan fingerprint density at radius 3 is 2.71 bits per heavy atom. The number of anilines is 1. The number of hydrogen-bond donors (Lipinski definition) is 1. The van der Waals surface area contributed by atoms with Gasteiger partial charge in [-0.15, -0.1) is 10.2 Å². The van der Waals surface area contributed by atoms with Crippen molar-refractivity contribution in [1.29, 1.82) is 0 Å². The van der Waals surface area contributed by atoms with E-state index in [4.69, 9.17) is 5.11 Å². The van der Waals surface area contributed by atoms with Gasteiger partial charge in [-0.05, 0) is 24.6 Å². The van der Waals surface area contributed by atoms with E-state index in [-0.39, 0.29) is 5.75 Å². The van der Waals surface area contributed by atoms with Crippen LogP contribution in [0.5, 0.6) is 0 Å². The monoisotopic (exact) mass is 307 g/mol. The van der Waals surface area contributed by atoms with Crippen LogP contribution >= 0.6 is 11.8 Å². The molecule has 0 unspecified atom stereocenters. The average Bonchev–Trinajstić information content (AvgIpc) is 2.89. The molecule has 8 heteroatoms. The molecule has 0 aliphatic carbocycles. The van der Waals surface area contributed by atoms with Gasteiger partial charge >= 0.3 is 5.97 Å². The van der Waals surface area contributed by atoms with Crippen molar-refractivity contribution in [3.05, 3.63) is 30.1 Å². The fourth-order valence-electron chi connectivity index (χ4n) is 1.91. The third-order valence-electron chi connectivity index (χ3n) is 2.85. The van der Waals surface area contributed by atoms with Crippen molar-refractivity contribution in [2.45, 2.75) is 25.2 Å². The van der Waals surface area contributed by atoms with Crippen molar-refractivity contribution in [3.8, 4) is 0 Å². The minimum Gasteiger partial charge on any atom is -0.481 e. The van der Waals surface area contributed by atoms with E-state index in [9.17, 15) is 4.79 Å². The van der Waals surface area contributed by atoms with Crippen LogP contribution in [0.15, 0.2) is 29.7 Å². The highest BCUT2D eigenvalue weighted by atomic mass is 32.2. The van der Waals surface area contributed by atoms with Gasteiger partial charge in [-0.25, -0.2) is 0 Å². The fourth-order valence-corrected chi connectivity index (χ4v) is 2.62. The third-order valence-corrected chi connectivity index (χ3v) is 3.80. The van der Waals surface area contributed by atoms with Crippen LogP contribution in [-0.2, 0) is 17.9 Å². The summed E-state index contributed by atoms with van der Waals surface area (Å²) in [6.45, 7) is 3.35. The van der Waals surface area contributed by atoms with E-state index in [1.807, 2.05) is 35.6 Å². The average molecular weight is 307 g/mol. The Labute approximate surface area is 127 Å². The van der Waals surface area contributed by atoms with Gasteiger partial charge in [-0.1, -0.05) is 11.8 Å². The van der Waals surface area contributed by atoms with E-state index in [1.54, 1.807) is 12.4 Å². The summed E-state index contributed by atoms with van der Waals surface area (Å²) in [4.78, 5) is 16.6. The van der Waals surface area contributed by atoms with Crippen molar-refractivity contribution in [3.63, 3.8) is 0 Å². The maximum absolute atomic E-state index is 10.7. The predicted molar refractivity (Wildman–Crippen MR) is 80.4 cm³/mol. The molecule has 2 aromatic heterocycles. The summed E-state index contributed by atoms with van der Waals surface area (Å²) in [7, 11) is 1.93. The summed E-state index contributed by atoms with van der Waals surface area (Å²) in [6, 6.07) is 3.90. The number of carboxylic acids is 1. The van der Waals surface area contributed by atoms with Crippen molar-refractivity contribution in [2.24, 2.45) is 0 Å². The van der Waals surface area contributed by atoms with Gasteiger partial charge in [0, 0.05) is 32.5 Å². The van der Waals surface area contributed by atoms with Gasteiger partial charge in [-0.3, -0.25) is 14.3 Å². The maximum atomic E-state index is 10.7. The number of nitrogens with zero attached hydrogens (tertiary/aromatic N) is 5. The normalized spacial score (nSPS) is 10.6. The van der Waals surface area contributed by atoms with Gasteiger partial charge < -0.3 is 10.0 Å². The van der Waals surface area contributed by atoms with Gasteiger partial charge in [0.15, 0.2) is 5.16 Å². The highest BCUT2D eigenvalue weighted by Gasteiger charge is 2.16. The highest BCUT2D eigenvalue weighted by Crippen LogP contribution is 2.22. The Bertz CT molecular complexity index is 602.